The van der Waals surface area contributed by atoms with Crippen LogP contribution < -0.4 is 16.4 Å². The summed E-state index contributed by atoms with van der Waals surface area (Å²) in [6.45, 7) is 6.18. The first-order chi connectivity index (χ1) is 17.0. The van der Waals surface area contributed by atoms with Crippen molar-refractivity contribution in [3.63, 3.8) is 0 Å². The molecule has 10 heteroatoms. The van der Waals surface area contributed by atoms with Gasteiger partial charge in [-0.1, -0.05) is 12.1 Å². The standard InChI is InChI=1S/C25H27N7O3/c1-17-4-3-7-32-22(17)29-23-20(25(32)34)14-19(24(33)28-16-18-5-2-6-27-15-18)21(26)31(23)9-8-30-10-12-35-13-11-30/h2-7,14-15,26H,8-13,16H2,1H3,(H,28,33). The van der Waals surface area contributed by atoms with E-state index >= 15 is 0 Å². The molecule has 0 radical (unpaired) electrons. The zero-order valence-corrected chi connectivity index (χ0v) is 19.5. The van der Waals surface area contributed by atoms with Gasteiger partial charge in [-0.2, -0.15) is 0 Å². The first-order valence-electron chi connectivity index (χ1n) is 11.6. The number of nitrogens with zero attached hydrogens (tertiary/aromatic N) is 5. The van der Waals surface area contributed by atoms with Crippen LogP contribution in [-0.4, -0.2) is 62.6 Å². The highest BCUT2D eigenvalue weighted by Gasteiger charge is 2.19. The van der Waals surface area contributed by atoms with Gasteiger partial charge in [0.2, 0.25) is 0 Å². The van der Waals surface area contributed by atoms with Crippen LogP contribution in [0.25, 0.3) is 16.7 Å². The normalized spacial score (nSPS) is 14.4. The Hall–Kier alpha value is -3.89. The summed E-state index contributed by atoms with van der Waals surface area (Å²) >= 11 is 0. The Morgan fingerprint density at radius 3 is 2.77 bits per heavy atom. The molecular weight excluding hydrogens is 446 g/mol. The molecule has 0 bridgehead atoms. The van der Waals surface area contributed by atoms with Crippen molar-refractivity contribution in [1.82, 2.24) is 29.2 Å². The first-order valence-corrected chi connectivity index (χ1v) is 11.6. The van der Waals surface area contributed by atoms with Crippen molar-refractivity contribution in [3.8, 4) is 0 Å². The molecule has 0 aliphatic carbocycles. The van der Waals surface area contributed by atoms with Crippen LogP contribution in [0.4, 0.5) is 0 Å². The van der Waals surface area contributed by atoms with Gasteiger partial charge in [0.25, 0.3) is 11.5 Å². The summed E-state index contributed by atoms with van der Waals surface area (Å²) in [5, 5.41) is 12.0. The number of nitrogens with one attached hydrogen (secondary N) is 2. The first kappa shape index (κ1) is 22.9. The molecule has 10 nitrogen and oxygen atoms in total. The zero-order valence-electron chi connectivity index (χ0n) is 19.5. The van der Waals surface area contributed by atoms with E-state index in [-0.39, 0.29) is 23.2 Å². The van der Waals surface area contributed by atoms with E-state index in [2.05, 4.69) is 15.2 Å². The Morgan fingerprint density at radius 2 is 2.00 bits per heavy atom. The average Bonchev–Trinajstić information content (AvgIpc) is 2.88. The smallest absolute Gasteiger partial charge is 0.267 e. The summed E-state index contributed by atoms with van der Waals surface area (Å²) in [7, 11) is 0. The Labute approximate surface area is 201 Å². The molecule has 0 unspecified atom stereocenters. The molecule has 1 saturated heterocycles. The maximum absolute atomic E-state index is 13.4. The summed E-state index contributed by atoms with van der Waals surface area (Å²) in [6.07, 6.45) is 5.02. The number of pyridine rings is 3. The van der Waals surface area contributed by atoms with E-state index in [0.29, 0.717) is 43.0 Å². The van der Waals surface area contributed by atoms with Crippen LogP contribution in [0.1, 0.15) is 21.5 Å². The van der Waals surface area contributed by atoms with Crippen molar-refractivity contribution in [2.75, 3.05) is 32.8 Å². The summed E-state index contributed by atoms with van der Waals surface area (Å²) in [4.78, 5) is 37.7. The Balaban J connectivity index is 1.60. The van der Waals surface area contributed by atoms with Crippen LogP contribution in [0.5, 0.6) is 0 Å². The van der Waals surface area contributed by atoms with Crippen LogP contribution in [0.15, 0.2) is 53.7 Å². The summed E-state index contributed by atoms with van der Waals surface area (Å²) in [5.41, 5.74) is 2.54. The number of fused-ring (bicyclic) bond motifs is 2. The van der Waals surface area contributed by atoms with Crippen molar-refractivity contribution in [2.45, 2.75) is 20.0 Å². The third kappa shape index (κ3) is 4.58. The molecule has 1 aliphatic heterocycles. The molecule has 1 aliphatic rings. The van der Waals surface area contributed by atoms with E-state index in [1.807, 2.05) is 19.1 Å². The van der Waals surface area contributed by atoms with Crippen molar-refractivity contribution in [3.05, 3.63) is 81.5 Å². The van der Waals surface area contributed by atoms with Gasteiger partial charge in [-0.15, -0.1) is 0 Å². The van der Waals surface area contributed by atoms with E-state index in [4.69, 9.17) is 15.1 Å². The molecule has 0 saturated carbocycles. The number of hydrogen-bond donors (Lipinski definition) is 2. The van der Waals surface area contributed by atoms with Gasteiger partial charge in [-0.05, 0) is 36.2 Å². The predicted molar refractivity (Wildman–Crippen MR) is 130 cm³/mol. The SMILES string of the molecule is Cc1cccn2c(=O)c3cc(C(=O)NCc4cccnc4)c(=N)n(CCN4CCOCC4)c3nc12. The molecule has 4 aromatic heterocycles. The highest BCUT2D eigenvalue weighted by Crippen LogP contribution is 2.13. The Bertz CT molecular complexity index is 1510. The topological polar surface area (TPSA) is 118 Å². The second-order valence-electron chi connectivity index (χ2n) is 8.60. The maximum atomic E-state index is 13.4. The van der Waals surface area contributed by atoms with Crippen molar-refractivity contribution >= 4 is 22.6 Å². The predicted octanol–water partition coefficient (Wildman–Crippen LogP) is 1.09. The van der Waals surface area contributed by atoms with Gasteiger partial charge >= 0.3 is 0 Å². The number of amides is 1. The fourth-order valence-corrected chi connectivity index (χ4v) is 4.33. The van der Waals surface area contributed by atoms with Crippen molar-refractivity contribution in [2.24, 2.45) is 0 Å². The molecule has 35 heavy (non-hydrogen) atoms. The van der Waals surface area contributed by atoms with Gasteiger partial charge in [0.05, 0.1) is 24.2 Å². The van der Waals surface area contributed by atoms with Crippen LogP contribution in [0, 0.1) is 12.3 Å². The highest BCUT2D eigenvalue weighted by atomic mass is 16.5. The minimum atomic E-state index is -0.422. The van der Waals surface area contributed by atoms with Crippen molar-refractivity contribution < 1.29 is 9.53 Å². The Morgan fingerprint density at radius 1 is 1.17 bits per heavy atom. The maximum Gasteiger partial charge on any atom is 0.267 e. The molecular formula is C25H27N7O3. The van der Waals surface area contributed by atoms with E-state index in [0.717, 1.165) is 24.2 Å². The van der Waals surface area contributed by atoms with Gasteiger partial charge in [0.15, 0.2) is 0 Å². The fraction of sp³-hybridized carbons (Fsp3) is 0.320. The number of morpholine rings is 1. The number of rotatable bonds is 6. The van der Waals surface area contributed by atoms with E-state index in [9.17, 15) is 9.59 Å². The zero-order chi connectivity index (χ0) is 24.4. The van der Waals surface area contributed by atoms with E-state index < -0.39 is 5.91 Å². The van der Waals surface area contributed by atoms with Crippen LogP contribution in [0.3, 0.4) is 0 Å². The van der Waals surface area contributed by atoms with Gasteiger partial charge in [0, 0.05) is 51.3 Å². The van der Waals surface area contributed by atoms with Gasteiger partial charge in [-0.3, -0.25) is 29.3 Å². The van der Waals surface area contributed by atoms with Gasteiger partial charge in [0.1, 0.15) is 16.8 Å². The van der Waals surface area contributed by atoms with Gasteiger partial charge < -0.3 is 14.6 Å². The molecule has 0 aromatic carbocycles. The Kier molecular flexibility index (Phi) is 6.39. The average molecular weight is 474 g/mol. The lowest BCUT2D eigenvalue weighted by Gasteiger charge is -2.27. The quantitative estimate of drug-likeness (QED) is 0.405. The number of aromatic nitrogens is 4. The van der Waals surface area contributed by atoms with Gasteiger partial charge in [-0.25, -0.2) is 4.98 Å². The van der Waals surface area contributed by atoms with Crippen LogP contribution >= 0.6 is 0 Å². The molecule has 180 valence electrons. The summed E-state index contributed by atoms with van der Waals surface area (Å²) in [6, 6.07) is 8.85. The number of hydrogen-bond acceptors (Lipinski definition) is 7. The molecule has 2 N–H and O–H groups in total. The summed E-state index contributed by atoms with van der Waals surface area (Å²) < 4.78 is 8.61. The number of carbonyl (C=O) groups excluding carboxylic acids is 1. The molecule has 1 fully saturated rings. The lowest BCUT2D eigenvalue weighted by atomic mass is 10.1. The third-order valence-electron chi connectivity index (χ3n) is 6.30. The third-order valence-corrected chi connectivity index (χ3v) is 6.30. The lowest BCUT2D eigenvalue weighted by Crippen LogP contribution is -2.41. The van der Waals surface area contributed by atoms with Crippen molar-refractivity contribution in [1.29, 1.82) is 5.41 Å². The second-order valence-corrected chi connectivity index (χ2v) is 8.60. The molecule has 5 rings (SSSR count). The van der Waals surface area contributed by atoms with E-state index in [1.54, 1.807) is 35.3 Å². The highest BCUT2D eigenvalue weighted by molar-refractivity contribution is 5.96. The minimum Gasteiger partial charge on any atom is -0.379 e. The minimum absolute atomic E-state index is 0.0271. The molecule has 0 atom stereocenters. The van der Waals surface area contributed by atoms with E-state index in [1.165, 1.54) is 10.5 Å². The molecule has 5 heterocycles. The largest absolute Gasteiger partial charge is 0.379 e. The molecule has 1 amide bonds. The fourth-order valence-electron chi connectivity index (χ4n) is 4.33. The monoisotopic (exact) mass is 473 g/mol. The molecule has 4 aromatic rings. The lowest BCUT2D eigenvalue weighted by molar-refractivity contribution is 0.0363. The number of aryl methyl sites for hydroxylation is 1. The van der Waals surface area contributed by atoms with Crippen LogP contribution in [0.2, 0.25) is 0 Å². The van der Waals surface area contributed by atoms with Crippen LogP contribution in [-0.2, 0) is 17.8 Å². The molecule has 0 spiro atoms. The summed E-state index contributed by atoms with van der Waals surface area (Å²) in [5.74, 6) is -0.422. The second kappa shape index (κ2) is 9.77. The number of ether oxygens (including phenoxy) is 1. The number of carbonyl (C=O) groups is 1.